The van der Waals surface area contributed by atoms with Gasteiger partial charge in [-0.2, -0.15) is 0 Å². The summed E-state index contributed by atoms with van der Waals surface area (Å²) in [6, 6.07) is 19.1. The Labute approximate surface area is 238 Å². The Morgan fingerprint density at radius 3 is 1.28 bits per heavy atom. The number of rotatable bonds is 2. The summed E-state index contributed by atoms with van der Waals surface area (Å²) in [5, 5.41) is 5.11. The van der Waals surface area contributed by atoms with Crippen molar-refractivity contribution in [2.75, 3.05) is 0 Å². The summed E-state index contributed by atoms with van der Waals surface area (Å²) < 4.78 is 5.15. The first-order chi connectivity index (χ1) is 18.9. The van der Waals surface area contributed by atoms with Crippen molar-refractivity contribution in [2.45, 2.75) is 50.6 Å². The second-order valence-electron chi connectivity index (χ2n) is 10.3. The van der Waals surface area contributed by atoms with Crippen LogP contribution >= 0.6 is 38.6 Å². The van der Waals surface area contributed by atoms with Gasteiger partial charge in [-0.05, 0) is 82.1 Å². The molecule has 39 heavy (non-hydrogen) atoms. The van der Waals surface area contributed by atoms with E-state index in [1.54, 1.807) is 0 Å². The van der Waals surface area contributed by atoms with Crippen LogP contribution in [0.5, 0.6) is 0 Å². The van der Waals surface area contributed by atoms with Crippen LogP contribution in [0.25, 0.3) is 40.3 Å². The van der Waals surface area contributed by atoms with E-state index < -0.39 is 0 Å². The topological polar surface area (TPSA) is 78.1 Å². The Morgan fingerprint density at radius 2 is 0.949 bits per heavy atom. The molecule has 0 atom stereocenters. The normalized spacial score (nSPS) is 15.9. The maximum atomic E-state index is 12.6. The van der Waals surface area contributed by atoms with Crippen molar-refractivity contribution in [1.82, 2.24) is 9.13 Å². The molecule has 2 aliphatic rings. The van der Waals surface area contributed by atoms with E-state index in [1.807, 2.05) is 0 Å². The summed E-state index contributed by atoms with van der Waals surface area (Å²) in [6.07, 6.45) is 5.41. The molecule has 3 heterocycles. The number of fused-ring (bicyclic) bond motifs is 4. The largest absolute Gasteiger partial charge is 0.272 e. The van der Waals surface area contributed by atoms with Gasteiger partial charge in [0.25, 0.3) is 22.2 Å². The van der Waals surface area contributed by atoms with Gasteiger partial charge in [-0.15, -0.1) is 22.7 Å². The van der Waals surface area contributed by atoms with E-state index in [-0.39, 0.29) is 34.3 Å². The van der Waals surface area contributed by atoms with Crippen molar-refractivity contribution in [2.24, 2.45) is 0 Å². The number of hydrogen-bond donors (Lipinski definition) is 0. The van der Waals surface area contributed by atoms with Gasteiger partial charge in [0.15, 0.2) is 0 Å². The Bertz CT molecular complexity index is 1930. The van der Waals surface area contributed by atoms with E-state index in [1.165, 1.54) is 35.2 Å². The molecular formula is C30H23BrN2O4S2. The van der Waals surface area contributed by atoms with Crippen molar-refractivity contribution < 1.29 is 0 Å². The zero-order valence-electron chi connectivity index (χ0n) is 20.8. The fourth-order valence-corrected chi connectivity index (χ4v) is 8.58. The van der Waals surface area contributed by atoms with Crippen LogP contribution in [0.4, 0.5) is 0 Å². The molecule has 0 amide bonds. The van der Waals surface area contributed by atoms with Crippen molar-refractivity contribution in [3.8, 4) is 0 Å². The third-order valence-corrected chi connectivity index (χ3v) is 11.5. The number of nitrogens with zero attached hydrogens (tertiary/aromatic N) is 2. The Kier molecular flexibility index (Phi) is 6.06. The van der Waals surface area contributed by atoms with E-state index in [4.69, 9.17) is 0 Å². The smallest absolute Gasteiger partial charge is 0.270 e. The minimum absolute atomic E-state index is 0.0236. The van der Waals surface area contributed by atoms with Crippen LogP contribution < -0.4 is 22.2 Å². The summed E-state index contributed by atoms with van der Waals surface area (Å²) in [7, 11) is 0. The van der Waals surface area contributed by atoms with Crippen LogP contribution in [0.3, 0.4) is 0 Å². The molecule has 6 nitrogen and oxygen atoms in total. The summed E-state index contributed by atoms with van der Waals surface area (Å²) in [5.41, 5.74) is -1.20. The fraction of sp³-hybridized carbons (Fsp3) is 0.267. The number of hydrogen-bond acceptors (Lipinski definition) is 6. The van der Waals surface area contributed by atoms with Crippen LogP contribution in [0.1, 0.15) is 50.6 Å². The number of aromatic nitrogens is 2. The highest BCUT2D eigenvalue weighted by Crippen LogP contribution is 2.35. The molecule has 0 spiro atoms. The van der Waals surface area contributed by atoms with Crippen molar-refractivity contribution >= 4 is 78.9 Å². The van der Waals surface area contributed by atoms with Gasteiger partial charge < -0.3 is 0 Å². The molecule has 2 saturated carbocycles. The highest BCUT2D eigenvalue weighted by atomic mass is 79.9. The van der Waals surface area contributed by atoms with E-state index in [0.717, 1.165) is 61.2 Å². The maximum Gasteiger partial charge on any atom is 0.272 e. The Hall–Kier alpha value is -3.14. The van der Waals surface area contributed by atoms with Crippen molar-refractivity contribution in [3.05, 3.63) is 100 Å². The first-order valence-corrected chi connectivity index (χ1v) is 15.5. The molecule has 196 valence electrons. The molecular weight excluding hydrogens is 596 g/mol. The first kappa shape index (κ1) is 24.9. The zero-order valence-corrected chi connectivity index (χ0v) is 24.0. The zero-order chi connectivity index (χ0) is 26.8. The predicted octanol–water partition coefficient (Wildman–Crippen LogP) is 6.80. The van der Waals surface area contributed by atoms with Crippen LogP contribution in [-0.4, -0.2) is 9.13 Å². The monoisotopic (exact) mass is 618 g/mol. The highest BCUT2D eigenvalue weighted by Gasteiger charge is 2.30. The molecule has 0 radical (unpaired) electrons. The molecule has 0 unspecified atom stereocenters. The third-order valence-electron chi connectivity index (χ3n) is 8.06. The average Bonchev–Trinajstić information content (AvgIpc) is 3.27. The second-order valence-corrected chi connectivity index (χ2v) is 13.1. The Morgan fingerprint density at radius 1 is 0.590 bits per heavy atom. The van der Waals surface area contributed by atoms with Gasteiger partial charge in [-0.1, -0.05) is 48.5 Å². The number of benzene rings is 3. The molecule has 0 N–H and O–H groups in total. The molecule has 0 saturated heterocycles. The lowest BCUT2D eigenvalue weighted by Crippen LogP contribution is -2.33. The summed E-state index contributed by atoms with van der Waals surface area (Å²) in [5.74, 6) is 0. The maximum absolute atomic E-state index is 12.6. The Balaban J connectivity index is 0.000000145. The first-order valence-electron chi connectivity index (χ1n) is 13.1. The van der Waals surface area contributed by atoms with Gasteiger partial charge in [-0.25, -0.2) is 0 Å². The van der Waals surface area contributed by atoms with Gasteiger partial charge in [0.05, 0.1) is 0 Å². The molecule has 8 rings (SSSR count). The average molecular weight is 620 g/mol. The quantitative estimate of drug-likeness (QED) is 0.200. The van der Waals surface area contributed by atoms with Gasteiger partial charge in [0.1, 0.15) is 18.8 Å². The molecule has 3 aromatic heterocycles. The SMILES string of the molecule is Brc1c2ccccc2cc2ccccc12.O=c1c2sc3c(=O)n(C4CCC4)c(=O)c3sc2c(=O)n1C1CCC1. The van der Waals surface area contributed by atoms with E-state index in [2.05, 4.69) is 70.5 Å². The van der Waals surface area contributed by atoms with Crippen LogP contribution in [0.15, 0.2) is 78.2 Å². The van der Waals surface area contributed by atoms with Crippen LogP contribution in [0, 0.1) is 0 Å². The minimum atomic E-state index is -0.300. The van der Waals surface area contributed by atoms with Gasteiger partial charge >= 0.3 is 0 Å². The lowest BCUT2D eigenvalue weighted by Gasteiger charge is -2.25. The molecule has 6 aromatic rings. The van der Waals surface area contributed by atoms with E-state index >= 15 is 0 Å². The lowest BCUT2D eigenvalue weighted by atomic mass is 9.93. The molecule has 2 fully saturated rings. The van der Waals surface area contributed by atoms with Crippen LogP contribution in [0.2, 0.25) is 0 Å². The van der Waals surface area contributed by atoms with Crippen molar-refractivity contribution in [1.29, 1.82) is 0 Å². The molecule has 9 heteroatoms. The molecule has 0 bridgehead atoms. The van der Waals surface area contributed by atoms with E-state index in [9.17, 15) is 19.2 Å². The summed E-state index contributed by atoms with van der Waals surface area (Å²) in [6.45, 7) is 0. The van der Waals surface area contributed by atoms with Gasteiger partial charge in [-0.3, -0.25) is 28.3 Å². The standard InChI is InChI=1S/C16H14N2O4S2.C14H9Br/c19-13-9-10(14(20)17(13)7-3-1-4-7)24-12-11(23-9)15(21)18(16(12)22)8-5-2-6-8;15-14-12-7-3-1-5-10(12)9-11-6-2-4-8-13(11)14/h7-8H,1-6H2;1-9H. The highest BCUT2D eigenvalue weighted by molar-refractivity contribution is 9.10. The summed E-state index contributed by atoms with van der Waals surface area (Å²) >= 11 is 5.73. The van der Waals surface area contributed by atoms with Gasteiger partial charge in [0.2, 0.25) is 0 Å². The summed E-state index contributed by atoms with van der Waals surface area (Å²) in [4.78, 5) is 50.5. The van der Waals surface area contributed by atoms with Crippen molar-refractivity contribution in [3.63, 3.8) is 0 Å². The lowest BCUT2D eigenvalue weighted by molar-refractivity contribution is 0.304. The van der Waals surface area contributed by atoms with Crippen LogP contribution in [-0.2, 0) is 0 Å². The minimum Gasteiger partial charge on any atom is -0.270 e. The molecule has 3 aromatic carbocycles. The fourth-order valence-electron chi connectivity index (χ4n) is 5.49. The third kappa shape index (κ3) is 3.85. The van der Waals surface area contributed by atoms with Gasteiger partial charge in [0, 0.05) is 16.6 Å². The molecule has 0 aliphatic heterocycles. The van der Waals surface area contributed by atoms with E-state index in [0.29, 0.717) is 18.8 Å². The predicted molar refractivity (Wildman–Crippen MR) is 164 cm³/mol. The molecule has 2 aliphatic carbocycles. The second kappa shape index (κ2) is 9.50. The number of halogens is 1.